The van der Waals surface area contributed by atoms with Crippen molar-refractivity contribution in [1.29, 1.82) is 0 Å². The summed E-state index contributed by atoms with van der Waals surface area (Å²) in [4.78, 5) is 12.6. The summed E-state index contributed by atoms with van der Waals surface area (Å²) in [7, 11) is 0. The van der Waals surface area contributed by atoms with Gasteiger partial charge in [-0.25, -0.2) is 15.0 Å². The summed E-state index contributed by atoms with van der Waals surface area (Å²) in [6.45, 7) is 3.31. The van der Waals surface area contributed by atoms with E-state index in [1.165, 1.54) is 64.2 Å². The molecule has 0 unspecified atom stereocenters. The molecule has 0 amide bonds. The molecule has 2 rings (SSSR count). The second-order valence-corrected chi connectivity index (χ2v) is 5.88. The largest absolute Gasteiger partial charge is 0.337 e. The number of hydrogen-bond donors (Lipinski definition) is 0. The van der Waals surface area contributed by atoms with Crippen LogP contribution in [0.4, 0.5) is 0 Å². The molecular formula is C17H28N4. The zero-order valence-electron chi connectivity index (χ0n) is 13.3. The van der Waals surface area contributed by atoms with E-state index in [1.54, 1.807) is 6.33 Å². The first-order valence-corrected chi connectivity index (χ1v) is 8.52. The standard InChI is InChI=1S/C17H28N4/c1-2-3-4-5-6-7-8-9-10-11-12-21-13-16-17(20-15-21)19-14-18-16/h13-15H,2-12H2,1H3. The van der Waals surface area contributed by atoms with Crippen molar-refractivity contribution in [3.05, 3.63) is 18.9 Å². The molecule has 0 bridgehead atoms. The van der Waals surface area contributed by atoms with Crippen LogP contribution in [0.2, 0.25) is 0 Å². The van der Waals surface area contributed by atoms with Crippen LogP contribution in [0.1, 0.15) is 71.1 Å². The fourth-order valence-corrected chi connectivity index (χ4v) is 2.68. The lowest BCUT2D eigenvalue weighted by atomic mass is 10.1. The molecule has 21 heavy (non-hydrogen) atoms. The van der Waals surface area contributed by atoms with E-state index in [2.05, 4.69) is 26.4 Å². The average molecular weight is 288 g/mol. The van der Waals surface area contributed by atoms with E-state index in [4.69, 9.17) is 0 Å². The molecule has 0 atom stereocenters. The number of nitrogens with zero attached hydrogens (tertiary/aromatic N) is 4. The molecule has 4 heteroatoms. The van der Waals surface area contributed by atoms with Gasteiger partial charge in [-0.05, 0) is 6.42 Å². The fourth-order valence-electron chi connectivity index (χ4n) is 2.68. The Morgan fingerprint density at radius 2 is 1.48 bits per heavy atom. The van der Waals surface area contributed by atoms with Crippen LogP contribution in [0, 0.1) is 0 Å². The Morgan fingerprint density at radius 3 is 2.19 bits per heavy atom. The molecule has 0 aromatic rings. The average Bonchev–Trinajstić information content (AvgIpc) is 2.97. The Morgan fingerprint density at radius 1 is 0.810 bits per heavy atom. The minimum atomic E-state index is 0.745. The van der Waals surface area contributed by atoms with Crippen LogP contribution >= 0.6 is 0 Å². The monoisotopic (exact) mass is 288 g/mol. The van der Waals surface area contributed by atoms with Crippen molar-refractivity contribution in [2.24, 2.45) is 0 Å². The third kappa shape index (κ3) is 5.82. The molecule has 0 saturated heterocycles. The van der Waals surface area contributed by atoms with Crippen molar-refractivity contribution in [2.45, 2.75) is 77.7 Å². The van der Waals surface area contributed by atoms with E-state index in [0.29, 0.717) is 0 Å². The fraction of sp³-hybridized carbons (Fsp3) is 0.706. The van der Waals surface area contributed by atoms with Gasteiger partial charge in [0.15, 0.2) is 5.82 Å². The van der Waals surface area contributed by atoms with Crippen LogP contribution in [0.3, 0.4) is 0 Å². The summed E-state index contributed by atoms with van der Waals surface area (Å²) in [5.41, 5.74) is 0.893. The second-order valence-electron chi connectivity index (χ2n) is 5.88. The van der Waals surface area contributed by atoms with Crippen LogP contribution in [0.5, 0.6) is 0 Å². The van der Waals surface area contributed by atoms with Gasteiger partial charge in [0.1, 0.15) is 12.0 Å². The van der Waals surface area contributed by atoms with Gasteiger partial charge in [-0.2, -0.15) is 0 Å². The summed E-state index contributed by atoms with van der Waals surface area (Å²) in [6, 6.07) is 0. The Labute approximate surface area is 128 Å². The maximum atomic E-state index is 4.29. The van der Waals surface area contributed by atoms with Gasteiger partial charge in [-0.1, -0.05) is 64.7 Å². The van der Waals surface area contributed by atoms with Gasteiger partial charge < -0.3 is 4.57 Å². The molecule has 0 N–H and O–H groups in total. The van der Waals surface area contributed by atoms with Crippen molar-refractivity contribution in [3.8, 4) is 11.5 Å². The number of rotatable bonds is 11. The molecule has 4 nitrogen and oxygen atoms in total. The number of imidazole rings is 1. The molecule has 0 spiro atoms. The van der Waals surface area contributed by atoms with Gasteiger partial charge in [-0.15, -0.1) is 0 Å². The molecule has 2 aliphatic rings. The van der Waals surface area contributed by atoms with E-state index >= 15 is 0 Å². The van der Waals surface area contributed by atoms with E-state index in [1.807, 2.05) is 12.5 Å². The molecule has 0 aromatic heterocycles. The highest BCUT2D eigenvalue weighted by molar-refractivity contribution is 5.47. The van der Waals surface area contributed by atoms with Gasteiger partial charge in [0, 0.05) is 12.7 Å². The second kappa shape index (κ2) is 9.48. The van der Waals surface area contributed by atoms with E-state index in [0.717, 1.165) is 18.1 Å². The lowest BCUT2D eigenvalue weighted by Gasteiger charge is -2.07. The summed E-state index contributed by atoms with van der Waals surface area (Å²) < 4.78 is 2.13. The molecule has 0 radical (unpaired) electrons. The molecule has 116 valence electrons. The summed E-state index contributed by atoms with van der Waals surface area (Å²) in [5.74, 6) is 0.745. The Balaban J connectivity index is 1.49. The molecule has 0 aromatic carbocycles. The highest BCUT2D eigenvalue weighted by Gasteiger charge is 2.06. The Kier molecular flexibility index (Phi) is 7.19. The maximum Gasteiger partial charge on any atom is 0.182 e. The number of aryl methyl sites for hydroxylation is 1. The highest BCUT2D eigenvalue weighted by atomic mass is 15.1. The first kappa shape index (κ1) is 15.9. The number of aromatic nitrogens is 4. The molecule has 0 saturated carbocycles. The Hall–Kier alpha value is -1.45. The quantitative estimate of drug-likeness (QED) is 0.563. The predicted molar refractivity (Wildman–Crippen MR) is 86.3 cm³/mol. The van der Waals surface area contributed by atoms with Crippen LogP contribution in [0.15, 0.2) is 18.9 Å². The third-order valence-electron chi connectivity index (χ3n) is 3.99. The smallest absolute Gasteiger partial charge is 0.182 e. The van der Waals surface area contributed by atoms with Gasteiger partial charge in [-0.3, -0.25) is 0 Å². The van der Waals surface area contributed by atoms with Gasteiger partial charge >= 0.3 is 0 Å². The normalized spacial score (nSPS) is 11.3. The van der Waals surface area contributed by atoms with Crippen molar-refractivity contribution in [1.82, 2.24) is 19.5 Å². The van der Waals surface area contributed by atoms with Crippen LogP contribution in [0.25, 0.3) is 11.5 Å². The predicted octanol–water partition coefficient (Wildman–Crippen LogP) is 4.70. The van der Waals surface area contributed by atoms with E-state index in [9.17, 15) is 0 Å². The summed E-state index contributed by atoms with van der Waals surface area (Å²) >= 11 is 0. The number of fused-ring (bicyclic) bond motifs is 1. The van der Waals surface area contributed by atoms with Crippen LogP contribution in [-0.4, -0.2) is 19.5 Å². The highest BCUT2D eigenvalue weighted by Crippen LogP contribution is 2.13. The lowest BCUT2D eigenvalue weighted by molar-refractivity contribution is 0.532. The first-order valence-electron chi connectivity index (χ1n) is 8.52. The molecule has 0 aliphatic carbocycles. The molecule has 2 heterocycles. The van der Waals surface area contributed by atoms with Gasteiger partial charge in [0.25, 0.3) is 0 Å². The van der Waals surface area contributed by atoms with Crippen molar-refractivity contribution in [3.63, 3.8) is 0 Å². The molecule has 0 fully saturated rings. The zero-order chi connectivity index (χ0) is 14.8. The zero-order valence-corrected chi connectivity index (χ0v) is 13.3. The first-order chi connectivity index (χ1) is 10.4. The number of hydrogen-bond acceptors (Lipinski definition) is 3. The SMILES string of the molecule is CCCCCCCCCCCCn1cnc2ncnc-2c1. The van der Waals surface area contributed by atoms with Gasteiger partial charge in [0.2, 0.25) is 0 Å². The van der Waals surface area contributed by atoms with E-state index < -0.39 is 0 Å². The number of unbranched alkanes of at least 4 members (excludes halogenated alkanes) is 9. The summed E-state index contributed by atoms with van der Waals surface area (Å²) in [5, 5.41) is 0. The van der Waals surface area contributed by atoms with Crippen molar-refractivity contribution >= 4 is 0 Å². The topological polar surface area (TPSA) is 43.6 Å². The van der Waals surface area contributed by atoms with Crippen LogP contribution in [-0.2, 0) is 6.54 Å². The van der Waals surface area contributed by atoms with Gasteiger partial charge in [0.05, 0.1) is 6.33 Å². The van der Waals surface area contributed by atoms with E-state index in [-0.39, 0.29) is 0 Å². The third-order valence-corrected chi connectivity index (χ3v) is 3.99. The van der Waals surface area contributed by atoms with Crippen molar-refractivity contribution in [2.75, 3.05) is 0 Å². The van der Waals surface area contributed by atoms with Crippen molar-refractivity contribution < 1.29 is 0 Å². The van der Waals surface area contributed by atoms with Crippen LogP contribution < -0.4 is 0 Å². The molecule has 2 aliphatic heterocycles. The lowest BCUT2D eigenvalue weighted by Crippen LogP contribution is -2.02. The Bertz CT molecular complexity index is 466. The molecular weight excluding hydrogens is 260 g/mol. The summed E-state index contributed by atoms with van der Waals surface area (Å²) in [6.07, 6.45) is 19.2. The minimum absolute atomic E-state index is 0.745. The maximum absolute atomic E-state index is 4.29. The minimum Gasteiger partial charge on any atom is -0.337 e.